The second kappa shape index (κ2) is 31.9. The molecule has 16 aromatic carbocycles. The van der Waals surface area contributed by atoms with E-state index in [0.717, 1.165) is 261 Å². The van der Waals surface area contributed by atoms with Crippen LogP contribution in [0.1, 0.15) is 0 Å². The molecule has 0 radical (unpaired) electrons. The van der Waals surface area contributed by atoms with Gasteiger partial charge in [-0.1, -0.05) is 231 Å². The van der Waals surface area contributed by atoms with Gasteiger partial charge in [0.1, 0.15) is 22.8 Å². The SMILES string of the molecule is c1ccc2c(c1)c1ccccc1c1nc(-c3cnc(-c4cccc5c6ccccc6n(-n6c7ccccc7c7cccc(-c8cnc(-c9cnc%10c%11ccccc%11c%11ccccc%11c%10n9)cn8)c76)c45)cn3)cnc21.c1cnc2c(c1)c1ncc(-c3ccc(-c4ccc5c6ccccc6n(-n6c7ccccc7c7ccc(-c8ccc(-c9cnc%10c%11cccnc%11c%11ncccc%11c%10n9)s8)cc76)c5c4)s3)nc1c1cccnc12. The second-order valence-electron chi connectivity index (χ2n) is 36.7. The Morgan fingerprint density at radius 2 is 0.404 bits per heavy atom. The standard InChI is InChI=1S/C64H36N10.C60H32N10S2/c1-5-21-43-37(15-1)39-17-3-7-23-45(39)61-59(43)69-35-55(71-61)53-33-65-51(31-67-53)49-27-13-25-47-41-19-9-11-29-57(41)73(63(47)49)74-58-30-12-10-20-42(58)48-26-14-28-50(64(48)74)52-32-68-54(34-66-52)56-36-70-60-44-22-6-2-16-38(44)40-18-4-8-24-46(40)62(60)72-56;1-3-15-45-35(9-1)37-19-17-33(49-21-23-51(71-49)43-31-65-57-39-11-5-25-61-53(39)55-41(59(57)67-43)13-7-27-63-55)29-47(37)69(45)70-46-16-4-2-10-36(46)38-20-18-34(30-48(38)70)50-22-24-52(72-50)44-32-66-58-40-12-6-26-62-54(40)56-42(60(58)68-44)14-8-28-64-56/h1-36H;1-32H. The maximum absolute atomic E-state index is 5.25. The Kier molecular flexibility index (Phi) is 17.8. The highest BCUT2D eigenvalue weighted by Crippen LogP contribution is 2.48. The number of nitrogens with zero attached hydrogens (tertiary/aromatic N) is 20. The van der Waals surface area contributed by atoms with Crippen LogP contribution in [0.15, 0.2) is 414 Å². The Balaban J connectivity index is 0.000000133. The summed E-state index contributed by atoms with van der Waals surface area (Å²) in [6, 6.07) is 119. The summed E-state index contributed by atoms with van der Waals surface area (Å²) in [6.45, 7) is 0. The summed E-state index contributed by atoms with van der Waals surface area (Å²) in [5.41, 5.74) is 28.4. The topological polar surface area (TPSA) is 226 Å². The van der Waals surface area contributed by atoms with Crippen LogP contribution < -0.4 is 0 Å². The van der Waals surface area contributed by atoms with Crippen molar-refractivity contribution in [2.24, 2.45) is 0 Å². The molecule has 16 aromatic heterocycles. The average molecular weight is 1900 g/mol. The molecular formula is C124H68N20S2. The molecule has 146 heavy (non-hydrogen) atoms. The van der Waals surface area contributed by atoms with Gasteiger partial charge in [-0.3, -0.25) is 59.8 Å². The minimum atomic E-state index is 0.641. The molecule has 0 spiro atoms. The van der Waals surface area contributed by atoms with Crippen LogP contribution in [0.5, 0.6) is 0 Å². The quantitative estimate of drug-likeness (QED) is 0.116. The number of aromatic nitrogens is 20. The zero-order chi connectivity index (χ0) is 95.5. The van der Waals surface area contributed by atoms with Gasteiger partial charge in [-0.25, -0.2) is 38.6 Å². The maximum atomic E-state index is 5.25. The third kappa shape index (κ3) is 12.3. The highest BCUT2D eigenvalue weighted by Gasteiger charge is 2.28. The first-order chi connectivity index (χ1) is 72.4. The number of rotatable bonds is 10. The number of para-hydroxylation sites is 6. The molecule has 0 fully saturated rings. The number of fused-ring (bicyclic) bond motifs is 36. The lowest BCUT2D eigenvalue weighted by Gasteiger charge is -2.17. The lowest BCUT2D eigenvalue weighted by molar-refractivity contribution is 0.775. The summed E-state index contributed by atoms with van der Waals surface area (Å²) in [5.74, 6) is 0. The molecule has 0 unspecified atom stereocenters. The van der Waals surface area contributed by atoms with Crippen molar-refractivity contribution in [3.8, 4) is 87.3 Å². The summed E-state index contributed by atoms with van der Waals surface area (Å²) in [4.78, 5) is 84.5. The van der Waals surface area contributed by atoms with E-state index in [1.54, 1.807) is 35.1 Å². The first-order valence-electron chi connectivity index (χ1n) is 48.1. The molecule has 32 aromatic rings. The van der Waals surface area contributed by atoms with Gasteiger partial charge >= 0.3 is 0 Å². The third-order valence-corrected chi connectivity index (χ3v) is 31.1. The van der Waals surface area contributed by atoms with Crippen LogP contribution in [0.2, 0.25) is 0 Å². The van der Waals surface area contributed by atoms with E-state index >= 15 is 0 Å². The van der Waals surface area contributed by atoms with Gasteiger partial charge in [0, 0.05) is 132 Å². The van der Waals surface area contributed by atoms with Gasteiger partial charge in [0.05, 0.1) is 192 Å². The molecule has 676 valence electrons. The van der Waals surface area contributed by atoms with Crippen LogP contribution in [0.4, 0.5) is 0 Å². The predicted octanol–water partition coefficient (Wildman–Crippen LogP) is 30.0. The van der Waals surface area contributed by atoms with Crippen molar-refractivity contribution in [1.82, 2.24) is 98.4 Å². The van der Waals surface area contributed by atoms with Crippen LogP contribution in [-0.2, 0) is 0 Å². The van der Waals surface area contributed by atoms with Gasteiger partial charge in [0.2, 0.25) is 0 Å². The van der Waals surface area contributed by atoms with Crippen LogP contribution in [0, 0.1) is 0 Å². The summed E-state index contributed by atoms with van der Waals surface area (Å²) in [6.07, 6.45) is 22.0. The molecule has 0 amide bonds. The fourth-order valence-electron chi connectivity index (χ4n) is 22.3. The van der Waals surface area contributed by atoms with Gasteiger partial charge in [0.25, 0.3) is 0 Å². The molecule has 0 aliphatic rings. The van der Waals surface area contributed by atoms with E-state index in [2.05, 4.69) is 332 Å². The smallest absolute Gasteiger partial charge is 0.109 e. The minimum Gasteiger partial charge on any atom is -0.254 e. The monoisotopic (exact) mass is 1900 g/mol. The van der Waals surface area contributed by atoms with Crippen molar-refractivity contribution in [3.63, 3.8) is 0 Å². The van der Waals surface area contributed by atoms with E-state index in [-0.39, 0.29) is 0 Å². The normalized spacial score (nSPS) is 12.1. The zero-order valence-electron chi connectivity index (χ0n) is 77.0. The molecule has 0 aliphatic heterocycles. The Morgan fingerprint density at radius 3 is 0.774 bits per heavy atom. The highest BCUT2D eigenvalue weighted by molar-refractivity contribution is 7.19. The van der Waals surface area contributed by atoms with E-state index in [4.69, 9.17) is 69.8 Å². The number of thiophene rings is 2. The molecule has 20 nitrogen and oxygen atoms in total. The van der Waals surface area contributed by atoms with Crippen molar-refractivity contribution < 1.29 is 0 Å². The van der Waals surface area contributed by atoms with E-state index in [1.807, 2.05) is 98.4 Å². The van der Waals surface area contributed by atoms with Gasteiger partial charge in [-0.15, -0.1) is 22.7 Å². The van der Waals surface area contributed by atoms with Gasteiger partial charge in [-0.2, -0.15) is 0 Å². The Labute approximate surface area is 834 Å². The molecular weight excluding hydrogens is 1830 g/mol. The molecule has 0 atom stereocenters. The summed E-state index contributed by atoms with van der Waals surface area (Å²) < 4.78 is 9.50. The minimum absolute atomic E-state index is 0.641. The molecule has 0 aliphatic carbocycles. The number of hydrogen-bond acceptors (Lipinski definition) is 18. The zero-order valence-corrected chi connectivity index (χ0v) is 78.7. The maximum Gasteiger partial charge on any atom is 0.109 e. The predicted molar refractivity (Wildman–Crippen MR) is 593 cm³/mol. The number of pyridine rings is 4. The van der Waals surface area contributed by atoms with Crippen molar-refractivity contribution in [3.05, 3.63) is 414 Å². The molecule has 0 bridgehead atoms. The first kappa shape index (κ1) is 81.2. The Morgan fingerprint density at radius 1 is 0.151 bits per heavy atom. The van der Waals surface area contributed by atoms with Crippen LogP contribution in [-0.4, -0.2) is 98.4 Å². The Bertz CT molecular complexity index is 10500. The molecule has 0 N–H and O–H groups in total. The van der Waals surface area contributed by atoms with E-state index < -0.39 is 0 Å². The fourth-order valence-corrected chi connectivity index (χ4v) is 24.3. The first-order valence-corrected chi connectivity index (χ1v) is 49.7. The molecule has 16 heterocycles. The van der Waals surface area contributed by atoms with Gasteiger partial charge < -0.3 is 0 Å². The fraction of sp³-hybridized carbons (Fsp3) is 0. The lowest BCUT2D eigenvalue weighted by Crippen LogP contribution is -2.10. The van der Waals surface area contributed by atoms with Crippen molar-refractivity contribution >= 4 is 241 Å². The van der Waals surface area contributed by atoms with Crippen LogP contribution >= 0.6 is 22.7 Å². The van der Waals surface area contributed by atoms with E-state index in [9.17, 15) is 0 Å². The molecule has 0 saturated heterocycles. The molecule has 32 rings (SSSR count). The molecule has 22 heteroatoms. The van der Waals surface area contributed by atoms with Gasteiger partial charge in [-0.05, 0) is 142 Å². The molecule has 0 saturated carbocycles. The average Bonchev–Trinajstić information content (AvgIpc) is 1.50. The largest absolute Gasteiger partial charge is 0.254 e. The van der Waals surface area contributed by atoms with Crippen LogP contribution in [0.25, 0.3) is 305 Å². The summed E-state index contributed by atoms with van der Waals surface area (Å²) in [5, 5.41) is 21.8. The highest BCUT2D eigenvalue weighted by atomic mass is 32.1. The van der Waals surface area contributed by atoms with Gasteiger partial charge in [0.15, 0.2) is 0 Å². The van der Waals surface area contributed by atoms with Crippen molar-refractivity contribution in [2.45, 2.75) is 0 Å². The third-order valence-electron chi connectivity index (χ3n) is 28.8. The number of benzene rings is 16. The van der Waals surface area contributed by atoms with Crippen molar-refractivity contribution in [2.75, 3.05) is 0 Å². The summed E-state index contributed by atoms with van der Waals surface area (Å²) in [7, 11) is 0. The van der Waals surface area contributed by atoms with Crippen molar-refractivity contribution in [1.29, 1.82) is 0 Å². The summed E-state index contributed by atoms with van der Waals surface area (Å²) >= 11 is 3.44. The number of hydrogen-bond donors (Lipinski definition) is 0. The Hall–Kier alpha value is -19.7. The lowest BCUT2D eigenvalue weighted by atomic mass is 9.99. The van der Waals surface area contributed by atoms with E-state index in [1.165, 1.54) is 21.5 Å². The second-order valence-corrected chi connectivity index (χ2v) is 38.8. The van der Waals surface area contributed by atoms with E-state index in [0.29, 0.717) is 22.8 Å². The van der Waals surface area contributed by atoms with Crippen LogP contribution in [0.3, 0.4) is 0 Å².